The molecule has 5 nitrogen and oxygen atoms in total. The van der Waals surface area contributed by atoms with Crippen LogP contribution in [0.15, 0.2) is 83.6 Å². The van der Waals surface area contributed by atoms with Crippen LogP contribution in [-0.2, 0) is 14.8 Å². The Morgan fingerprint density at radius 2 is 1.90 bits per heavy atom. The molecule has 1 aromatic heterocycles. The van der Waals surface area contributed by atoms with Gasteiger partial charge in [-0.15, -0.1) is 0 Å². The van der Waals surface area contributed by atoms with Gasteiger partial charge in [-0.2, -0.15) is 0 Å². The second kappa shape index (κ2) is 8.75. The van der Waals surface area contributed by atoms with Crippen LogP contribution in [0.2, 0.25) is 0 Å². The minimum absolute atomic E-state index is 0.308. The largest absolute Gasteiger partial charge is 0.372 e. The van der Waals surface area contributed by atoms with Crippen LogP contribution in [0, 0.1) is 0 Å². The summed E-state index contributed by atoms with van der Waals surface area (Å²) in [5, 5.41) is 0. The summed E-state index contributed by atoms with van der Waals surface area (Å²) >= 11 is 0. The number of likely N-dealkylation sites (N-methyl/N-ethyl adjacent to an activating group) is 1. The third kappa shape index (κ3) is 4.61. The van der Waals surface area contributed by atoms with Crippen molar-refractivity contribution < 1.29 is 13.2 Å². The van der Waals surface area contributed by atoms with Gasteiger partial charge in [0.2, 0.25) is 10.0 Å². The zero-order chi connectivity index (χ0) is 22.0. The van der Waals surface area contributed by atoms with Crippen LogP contribution in [0.1, 0.15) is 23.8 Å². The zero-order valence-corrected chi connectivity index (χ0v) is 18.8. The summed E-state index contributed by atoms with van der Waals surface area (Å²) < 4.78 is 31.2. The van der Waals surface area contributed by atoms with Crippen molar-refractivity contribution in [2.45, 2.75) is 12.5 Å². The van der Waals surface area contributed by atoms with Crippen molar-refractivity contribution in [2.75, 3.05) is 27.0 Å². The molecule has 1 atom stereocenters. The van der Waals surface area contributed by atoms with Crippen LogP contribution < -0.4 is 0 Å². The van der Waals surface area contributed by atoms with E-state index in [0.717, 1.165) is 39.1 Å². The molecule has 0 bridgehead atoms. The average molecular weight is 435 g/mol. The number of sulfonamides is 1. The highest BCUT2D eigenvalue weighted by Gasteiger charge is 2.25. The minimum Gasteiger partial charge on any atom is -0.372 e. The van der Waals surface area contributed by atoms with E-state index in [0.29, 0.717) is 13.0 Å². The van der Waals surface area contributed by atoms with Gasteiger partial charge < -0.3 is 4.74 Å². The van der Waals surface area contributed by atoms with E-state index in [2.05, 4.69) is 42.5 Å². The molecular formula is C25H26N2O3S. The van der Waals surface area contributed by atoms with Gasteiger partial charge >= 0.3 is 0 Å². The smallest absolute Gasteiger partial charge is 0.211 e. The molecule has 0 fully saturated rings. The van der Waals surface area contributed by atoms with Gasteiger partial charge in [0, 0.05) is 38.0 Å². The Balaban J connectivity index is 1.78. The highest BCUT2D eigenvalue weighted by molar-refractivity contribution is 7.88. The fraction of sp³-hybridized carbons (Fsp3) is 0.240. The minimum atomic E-state index is -3.26. The molecule has 0 aliphatic heterocycles. The van der Waals surface area contributed by atoms with Crippen LogP contribution in [0.25, 0.3) is 17.2 Å². The maximum absolute atomic E-state index is 11.9. The SMILES string of the molecule is COC1C2=C(C=CCC(CN(C)S(C)(=O)=O)=C2)C=Cc2ncc(-c3ccccc3)cc21. The first-order valence-corrected chi connectivity index (χ1v) is 12.0. The predicted octanol–water partition coefficient (Wildman–Crippen LogP) is 4.54. The number of benzene rings is 1. The number of aromatic nitrogens is 1. The summed E-state index contributed by atoms with van der Waals surface area (Å²) in [4.78, 5) is 4.71. The van der Waals surface area contributed by atoms with Gasteiger partial charge in [0.25, 0.3) is 0 Å². The molecule has 2 aromatic rings. The van der Waals surface area contributed by atoms with Gasteiger partial charge in [-0.05, 0) is 35.3 Å². The van der Waals surface area contributed by atoms with E-state index >= 15 is 0 Å². The van der Waals surface area contributed by atoms with Crippen molar-refractivity contribution >= 4 is 16.1 Å². The van der Waals surface area contributed by atoms with E-state index in [9.17, 15) is 8.42 Å². The van der Waals surface area contributed by atoms with E-state index in [1.807, 2.05) is 30.5 Å². The highest BCUT2D eigenvalue weighted by atomic mass is 32.2. The van der Waals surface area contributed by atoms with Crippen LogP contribution >= 0.6 is 0 Å². The lowest BCUT2D eigenvalue weighted by Gasteiger charge is -2.21. The summed E-state index contributed by atoms with van der Waals surface area (Å²) in [6.45, 7) is 0.343. The monoisotopic (exact) mass is 434 g/mol. The van der Waals surface area contributed by atoms with E-state index in [-0.39, 0.29) is 6.10 Å². The molecule has 0 radical (unpaired) electrons. The van der Waals surface area contributed by atoms with Crippen molar-refractivity contribution in [1.29, 1.82) is 0 Å². The lowest BCUT2D eigenvalue weighted by atomic mass is 9.94. The van der Waals surface area contributed by atoms with Crippen LogP contribution in [-0.4, -0.2) is 44.7 Å². The molecule has 0 amide bonds. The normalized spacial score (nSPS) is 18.3. The number of rotatable bonds is 5. The number of ether oxygens (including phenoxy) is 1. The van der Waals surface area contributed by atoms with Gasteiger partial charge in [0.1, 0.15) is 6.10 Å². The number of allylic oxidation sites excluding steroid dienone is 4. The van der Waals surface area contributed by atoms with Crippen LogP contribution in [0.5, 0.6) is 0 Å². The lowest BCUT2D eigenvalue weighted by Crippen LogP contribution is -2.27. The topological polar surface area (TPSA) is 59.5 Å². The molecule has 2 aliphatic rings. The van der Waals surface area contributed by atoms with E-state index in [1.165, 1.54) is 10.6 Å². The third-order valence-electron chi connectivity index (χ3n) is 5.64. The Hall–Kier alpha value is -2.80. The van der Waals surface area contributed by atoms with Gasteiger partial charge in [-0.3, -0.25) is 4.98 Å². The molecule has 0 spiro atoms. The van der Waals surface area contributed by atoms with Crippen LogP contribution in [0.4, 0.5) is 0 Å². The molecule has 1 heterocycles. The molecule has 0 saturated heterocycles. The van der Waals surface area contributed by atoms with Crippen molar-refractivity contribution in [3.05, 3.63) is 94.9 Å². The number of hydrogen-bond donors (Lipinski definition) is 0. The first-order chi connectivity index (χ1) is 14.9. The van der Waals surface area contributed by atoms with Crippen LogP contribution in [0.3, 0.4) is 0 Å². The standard InChI is InChI=1S/C25H26N2O3S/c1-27(31(3,28)29)17-18-8-7-11-20-12-13-24-23(25(30-2)22(20)14-18)15-21(16-26-24)19-9-5-4-6-10-19/h4-7,9-16,25H,8,17H2,1-3H3. The molecule has 2 aliphatic carbocycles. The molecule has 1 aromatic carbocycles. The first-order valence-electron chi connectivity index (χ1n) is 10.1. The molecule has 31 heavy (non-hydrogen) atoms. The van der Waals surface area contributed by atoms with Gasteiger partial charge in [0.15, 0.2) is 0 Å². The molecule has 1 unspecified atom stereocenters. The maximum Gasteiger partial charge on any atom is 0.211 e. The van der Waals surface area contributed by atoms with Crippen molar-refractivity contribution in [1.82, 2.24) is 9.29 Å². The summed E-state index contributed by atoms with van der Waals surface area (Å²) in [7, 11) is 0.0446. The number of fused-ring (bicyclic) bond motifs is 1. The predicted molar refractivity (Wildman–Crippen MR) is 125 cm³/mol. The summed E-state index contributed by atoms with van der Waals surface area (Å²) in [5.41, 5.74) is 7.06. The summed E-state index contributed by atoms with van der Waals surface area (Å²) in [6, 6.07) is 12.3. The number of nitrogens with zero attached hydrogens (tertiary/aromatic N) is 2. The second-order valence-corrected chi connectivity index (χ2v) is 9.94. The molecular weight excluding hydrogens is 408 g/mol. The average Bonchev–Trinajstić information content (AvgIpc) is 3.03. The summed E-state index contributed by atoms with van der Waals surface area (Å²) in [5.74, 6) is 0. The molecule has 6 heteroatoms. The molecule has 0 N–H and O–H groups in total. The lowest BCUT2D eigenvalue weighted by molar-refractivity contribution is 0.135. The Bertz CT molecular complexity index is 1210. The van der Waals surface area contributed by atoms with Gasteiger partial charge in [0.05, 0.1) is 11.9 Å². The molecule has 160 valence electrons. The van der Waals surface area contributed by atoms with Crippen molar-refractivity contribution in [3.8, 4) is 11.1 Å². The van der Waals surface area contributed by atoms with Gasteiger partial charge in [-0.25, -0.2) is 12.7 Å². The van der Waals surface area contributed by atoms with Gasteiger partial charge in [-0.1, -0.05) is 60.2 Å². The van der Waals surface area contributed by atoms with E-state index < -0.39 is 10.0 Å². The Kier molecular flexibility index (Phi) is 6.05. The third-order valence-corrected chi connectivity index (χ3v) is 6.90. The highest BCUT2D eigenvalue weighted by Crippen LogP contribution is 2.38. The fourth-order valence-corrected chi connectivity index (χ4v) is 4.31. The van der Waals surface area contributed by atoms with Crippen molar-refractivity contribution in [3.63, 3.8) is 0 Å². The van der Waals surface area contributed by atoms with E-state index in [1.54, 1.807) is 14.2 Å². The first kappa shape index (κ1) is 21.4. The second-order valence-electron chi connectivity index (χ2n) is 7.85. The molecule has 4 rings (SSSR count). The number of hydrogen-bond acceptors (Lipinski definition) is 4. The number of methoxy groups -OCH3 is 1. The Morgan fingerprint density at radius 1 is 1.13 bits per heavy atom. The summed E-state index contributed by atoms with van der Waals surface area (Å²) in [6.07, 6.45) is 13.8. The fourth-order valence-electron chi connectivity index (χ4n) is 3.91. The number of pyridine rings is 1. The maximum atomic E-state index is 11.9. The zero-order valence-electron chi connectivity index (χ0n) is 17.9. The van der Waals surface area contributed by atoms with Crippen molar-refractivity contribution in [2.24, 2.45) is 0 Å². The Labute approximate surface area is 184 Å². The van der Waals surface area contributed by atoms with E-state index in [4.69, 9.17) is 9.72 Å². The quantitative estimate of drug-likeness (QED) is 0.693. The molecule has 0 saturated carbocycles. The Morgan fingerprint density at radius 3 is 2.61 bits per heavy atom.